The molecule has 0 radical (unpaired) electrons. The van der Waals surface area contributed by atoms with Gasteiger partial charge in [0.15, 0.2) is 5.75 Å². The molecule has 26 heavy (non-hydrogen) atoms. The van der Waals surface area contributed by atoms with E-state index in [4.69, 9.17) is 4.74 Å². The Hall–Kier alpha value is -1.51. The number of aromatic nitrogens is 1. The maximum absolute atomic E-state index is 5.80. The van der Waals surface area contributed by atoms with Gasteiger partial charge in [-0.15, -0.1) is 0 Å². The summed E-state index contributed by atoms with van der Waals surface area (Å²) in [5, 5.41) is 3.71. The number of hydrogen-bond acceptors (Lipinski definition) is 3. The van der Waals surface area contributed by atoms with Crippen molar-refractivity contribution in [2.75, 3.05) is 11.9 Å². The first-order chi connectivity index (χ1) is 12.8. The molecule has 0 aromatic carbocycles. The van der Waals surface area contributed by atoms with Crippen molar-refractivity contribution >= 4 is 5.69 Å². The van der Waals surface area contributed by atoms with Gasteiger partial charge in [-0.3, -0.25) is 4.98 Å². The molecule has 2 saturated carbocycles. The Balaban J connectivity index is 1.45. The Kier molecular flexibility index (Phi) is 7.40. The van der Waals surface area contributed by atoms with E-state index >= 15 is 0 Å². The van der Waals surface area contributed by atoms with E-state index in [9.17, 15) is 0 Å². The lowest BCUT2D eigenvalue weighted by molar-refractivity contribution is 0.337. The fourth-order valence-corrected chi connectivity index (χ4v) is 4.55. The summed E-state index contributed by atoms with van der Waals surface area (Å²) < 4.78 is 5.80. The van der Waals surface area contributed by atoms with Gasteiger partial charge in [-0.25, -0.2) is 0 Å². The predicted octanol–water partition coefficient (Wildman–Crippen LogP) is 6.43. The molecule has 1 aromatic heterocycles. The summed E-state index contributed by atoms with van der Waals surface area (Å²) in [6.07, 6.45) is 19.4. The fourth-order valence-electron chi connectivity index (χ4n) is 4.55. The topological polar surface area (TPSA) is 34.1 Å². The minimum Gasteiger partial charge on any atom is -0.490 e. The van der Waals surface area contributed by atoms with Crippen LogP contribution in [0.3, 0.4) is 0 Å². The summed E-state index contributed by atoms with van der Waals surface area (Å²) in [7, 11) is 0. The normalized spacial score (nSPS) is 21.5. The van der Waals surface area contributed by atoms with Crippen LogP contribution >= 0.6 is 0 Å². The minimum atomic E-state index is 0.548. The van der Waals surface area contributed by atoms with Crippen LogP contribution in [-0.4, -0.2) is 17.6 Å². The van der Waals surface area contributed by atoms with Gasteiger partial charge in [-0.1, -0.05) is 43.8 Å². The summed E-state index contributed by atoms with van der Waals surface area (Å²) >= 11 is 0. The maximum Gasteiger partial charge on any atom is 0.163 e. The first kappa shape index (κ1) is 19.3. The van der Waals surface area contributed by atoms with Crippen LogP contribution in [0.4, 0.5) is 5.69 Å². The quantitative estimate of drug-likeness (QED) is 0.572. The summed E-state index contributed by atoms with van der Waals surface area (Å²) in [5.41, 5.74) is 3.76. The van der Waals surface area contributed by atoms with Crippen LogP contribution in [0.1, 0.15) is 83.2 Å². The maximum atomic E-state index is 5.80. The number of anilines is 1. The smallest absolute Gasteiger partial charge is 0.163 e. The number of hydrogen-bond donors (Lipinski definition) is 1. The number of ether oxygens (including phenoxy) is 1. The summed E-state index contributed by atoms with van der Waals surface area (Å²) in [4.78, 5) is 4.36. The van der Waals surface area contributed by atoms with E-state index < -0.39 is 0 Å². The zero-order valence-electron chi connectivity index (χ0n) is 16.7. The Morgan fingerprint density at radius 3 is 2.65 bits per heavy atom. The number of nitrogens with one attached hydrogen (secondary N) is 1. The zero-order chi connectivity index (χ0) is 18.2. The molecule has 0 amide bonds. The second-order valence-electron chi connectivity index (χ2n) is 8.07. The Morgan fingerprint density at radius 2 is 1.92 bits per heavy atom. The molecular formula is C23H36N2O. The molecule has 2 aliphatic rings. The largest absolute Gasteiger partial charge is 0.490 e. The molecule has 2 fully saturated rings. The molecule has 0 atom stereocenters. The summed E-state index contributed by atoms with van der Waals surface area (Å²) in [6, 6.07) is 2.60. The zero-order valence-corrected chi connectivity index (χ0v) is 16.7. The number of aryl methyl sites for hydroxylation is 1. The third kappa shape index (κ3) is 5.49. The van der Waals surface area contributed by atoms with Crippen molar-refractivity contribution < 1.29 is 4.74 Å². The van der Waals surface area contributed by atoms with Crippen molar-refractivity contribution in [3.8, 4) is 5.75 Å². The highest BCUT2D eigenvalue weighted by Gasteiger charge is 2.19. The summed E-state index contributed by atoms with van der Waals surface area (Å²) in [6.45, 7) is 4.73. The van der Waals surface area contributed by atoms with Crippen molar-refractivity contribution in [1.82, 2.24) is 4.98 Å². The summed E-state index contributed by atoms with van der Waals surface area (Å²) in [5.74, 6) is 1.93. The standard InChI is InChI=1S/C23H36N2O/c1-3-26-23-18(2)24-17-16-22(23)25-21-14-12-20(13-15-21)11-7-10-19-8-5-4-6-9-19/h11,16-17,19,21H,3-10,12-15H2,1-2H3,(H,24,25). The molecule has 0 unspecified atom stereocenters. The van der Waals surface area contributed by atoms with E-state index in [1.54, 1.807) is 5.57 Å². The highest BCUT2D eigenvalue weighted by molar-refractivity contribution is 5.58. The van der Waals surface area contributed by atoms with E-state index in [0.717, 1.165) is 23.0 Å². The number of pyridine rings is 1. The van der Waals surface area contributed by atoms with Gasteiger partial charge >= 0.3 is 0 Å². The van der Waals surface area contributed by atoms with Gasteiger partial charge in [0.25, 0.3) is 0 Å². The lowest BCUT2D eigenvalue weighted by Crippen LogP contribution is -2.23. The van der Waals surface area contributed by atoms with Crippen LogP contribution in [0.25, 0.3) is 0 Å². The molecule has 0 saturated heterocycles. The molecule has 144 valence electrons. The second-order valence-corrected chi connectivity index (χ2v) is 8.07. The molecule has 0 aliphatic heterocycles. The molecular weight excluding hydrogens is 320 g/mol. The van der Waals surface area contributed by atoms with Gasteiger partial charge in [-0.05, 0) is 64.4 Å². The fraction of sp³-hybridized carbons (Fsp3) is 0.696. The van der Waals surface area contributed by atoms with Crippen molar-refractivity contribution in [2.24, 2.45) is 5.92 Å². The number of rotatable bonds is 7. The third-order valence-electron chi connectivity index (χ3n) is 6.09. The lowest BCUT2D eigenvalue weighted by atomic mass is 9.85. The van der Waals surface area contributed by atoms with Crippen LogP contribution in [0.2, 0.25) is 0 Å². The SMILES string of the molecule is CCOc1c(NC2CCC(=CCCC3CCCCC3)CC2)ccnc1C. The van der Waals surface area contributed by atoms with Crippen LogP contribution in [0.5, 0.6) is 5.75 Å². The molecule has 2 aliphatic carbocycles. The monoisotopic (exact) mass is 356 g/mol. The van der Waals surface area contributed by atoms with Crippen molar-refractivity contribution in [3.05, 3.63) is 29.6 Å². The molecule has 3 heteroatoms. The predicted molar refractivity (Wildman–Crippen MR) is 110 cm³/mol. The molecule has 0 bridgehead atoms. The molecule has 3 rings (SSSR count). The molecule has 1 N–H and O–H groups in total. The van der Waals surface area contributed by atoms with Gasteiger partial charge in [0.1, 0.15) is 0 Å². The Morgan fingerprint density at radius 1 is 1.15 bits per heavy atom. The van der Waals surface area contributed by atoms with Crippen LogP contribution < -0.4 is 10.1 Å². The molecule has 0 spiro atoms. The van der Waals surface area contributed by atoms with Gasteiger partial charge in [-0.2, -0.15) is 0 Å². The van der Waals surface area contributed by atoms with Crippen LogP contribution in [0, 0.1) is 12.8 Å². The average Bonchev–Trinajstić information content (AvgIpc) is 2.67. The lowest BCUT2D eigenvalue weighted by Gasteiger charge is -2.27. The molecule has 1 aromatic rings. The Labute approximate surface area is 159 Å². The van der Waals surface area contributed by atoms with Crippen molar-refractivity contribution in [3.63, 3.8) is 0 Å². The van der Waals surface area contributed by atoms with Crippen molar-refractivity contribution in [2.45, 2.75) is 90.5 Å². The number of nitrogens with zero attached hydrogens (tertiary/aromatic N) is 1. The molecule has 3 nitrogen and oxygen atoms in total. The number of allylic oxidation sites excluding steroid dienone is 2. The Bertz CT molecular complexity index is 580. The third-order valence-corrected chi connectivity index (χ3v) is 6.09. The van der Waals surface area contributed by atoms with E-state index in [2.05, 4.69) is 16.4 Å². The minimum absolute atomic E-state index is 0.548. The van der Waals surface area contributed by atoms with Crippen LogP contribution in [-0.2, 0) is 0 Å². The van der Waals surface area contributed by atoms with E-state index in [0.29, 0.717) is 12.6 Å². The highest BCUT2D eigenvalue weighted by Crippen LogP contribution is 2.32. The van der Waals surface area contributed by atoms with Crippen LogP contribution in [0.15, 0.2) is 23.9 Å². The van der Waals surface area contributed by atoms with Crippen molar-refractivity contribution in [1.29, 1.82) is 0 Å². The van der Waals surface area contributed by atoms with E-state index in [1.165, 1.54) is 70.6 Å². The second kappa shape index (κ2) is 9.99. The van der Waals surface area contributed by atoms with Gasteiger partial charge in [0.2, 0.25) is 0 Å². The van der Waals surface area contributed by atoms with E-state index in [-0.39, 0.29) is 0 Å². The highest BCUT2D eigenvalue weighted by atomic mass is 16.5. The average molecular weight is 357 g/mol. The van der Waals surface area contributed by atoms with Gasteiger partial charge < -0.3 is 10.1 Å². The first-order valence-electron chi connectivity index (χ1n) is 10.8. The van der Waals surface area contributed by atoms with Gasteiger partial charge in [0, 0.05) is 12.2 Å². The van der Waals surface area contributed by atoms with E-state index in [1.807, 2.05) is 26.1 Å². The first-order valence-corrected chi connectivity index (χ1v) is 10.8. The molecule has 1 heterocycles. The van der Waals surface area contributed by atoms with Gasteiger partial charge in [0.05, 0.1) is 18.0 Å².